The van der Waals surface area contributed by atoms with Crippen LogP contribution in [0.2, 0.25) is 0 Å². The van der Waals surface area contributed by atoms with Gasteiger partial charge in [0.05, 0.1) is 0 Å². The van der Waals surface area contributed by atoms with Gasteiger partial charge in [0.1, 0.15) is 5.82 Å². The van der Waals surface area contributed by atoms with Gasteiger partial charge in [-0.2, -0.15) is 0 Å². The number of nitrogens with zero attached hydrogens (tertiary/aromatic N) is 1. The highest BCUT2D eigenvalue weighted by molar-refractivity contribution is 5.74. The maximum absolute atomic E-state index is 13.7. The zero-order valence-electron chi connectivity index (χ0n) is 13.7. The lowest BCUT2D eigenvalue weighted by Crippen LogP contribution is -2.43. The highest BCUT2D eigenvalue weighted by Crippen LogP contribution is 2.12. The summed E-state index contributed by atoms with van der Waals surface area (Å²) in [7, 11) is 3.75. The van der Waals surface area contributed by atoms with Crippen molar-refractivity contribution in [3.63, 3.8) is 0 Å². The van der Waals surface area contributed by atoms with E-state index in [2.05, 4.69) is 10.6 Å². The average molecular weight is 311 g/mol. The Bertz CT molecular complexity index is 494. The summed E-state index contributed by atoms with van der Waals surface area (Å²) in [6.07, 6.45) is 0. The Hall–Kier alpha value is -1.66. The number of hydrogen-bond donors (Lipinski definition) is 3. The lowest BCUT2D eigenvalue weighted by Gasteiger charge is -2.19. The molecule has 6 heteroatoms. The second-order valence-electron chi connectivity index (χ2n) is 5.94. The Morgan fingerprint density at radius 2 is 2.05 bits per heavy atom. The van der Waals surface area contributed by atoms with Gasteiger partial charge in [-0.25, -0.2) is 9.18 Å². The smallest absolute Gasteiger partial charge is 0.315 e. The monoisotopic (exact) mass is 311 g/mol. The van der Waals surface area contributed by atoms with Gasteiger partial charge < -0.3 is 20.6 Å². The van der Waals surface area contributed by atoms with Crippen molar-refractivity contribution in [3.05, 3.63) is 35.1 Å². The summed E-state index contributed by atoms with van der Waals surface area (Å²) in [6, 6.07) is 4.42. The summed E-state index contributed by atoms with van der Waals surface area (Å²) in [5.74, 6) is -0.254. The molecule has 3 N–H and O–H groups in total. The van der Waals surface area contributed by atoms with Crippen LogP contribution in [-0.4, -0.2) is 42.8 Å². The van der Waals surface area contributed by atoms with Gasteiger partial charge in [-0.15, -0.1) is 0 Å². The molecule has 1 aromatic rings. The van der Waals surface area contributed by atoms with E-state index >= 15 is 0 Å². The van der Waals surface area contributed by atoms with Crippen LogP contribution < -0.4 is 10.6 Å². The van der Waals surface area contributed by atoms with Crippen LogP contribution in [0.4, 0.5) is 9.18 Å². The molecule has 2 unspecified atom stereocenters. The standard InChI is InChI=1S/C16H26FN3O2/c1-11(10-21)12(2)19-16(22)18-8-13-5-6-15(17)14(7-13)9-20(3)4/h5-7,11-12,21H,8-10H2,1-4H3,(H2,18,19,22). The third-order valence-corrected chi connectivity index (χ3v) is 3.55. The van der Waals surface area contributed by atoms with Crippen LogP contribution >= 0.6 is 0 Å². The number of halogens is 1. The molecule has 0 aliphatic carbocycles. The normalized spacial score (nSPS) is 13.8. The first kappa shape index (κ1) is 18.4. The Labute approximate surface area is 131 Å². The molecule has 2 amide bonds. The minimum Gasteiger partial charge on any atom is -0.396 e. The second kappa shape index (κ2) is 8.70. The largest absolute Gasteiger partial charge is 0.396 e. The fourth-order valence-corrected chi connectivity index (χ4v) is 1.94. The molecule has 124 valence electrons. The van der Waals surface area contributed by atoms with Crippen LogP contribution in [0.15, 0.2) is 18.2 Å². The van der Waals surface area contributed by atoms with Crippen molar-refractivity contribution in [3.8, 4) is 0 Å². The Morgan fingerprint density at radius 3 is 2.64 bits per heavy atom. The van der Waals surface area contributed by atoms with E-state index in [0.717, 1.165) is 5.56 Å². The molecule has 5 nitrogen and oxygen atoms in total. The molecule has 0 spiro atoms. The predicted molar refractivity (Wildman–Crippen MR) is 84.9 cm³/mol. The van der Waals surface area contributed by atoms with E-state index in [-0.39, 0.29) is 30.4 Å². The summed E-state index contributed by atoms with van der Waals surface area (Å²) >= 11 is 0. The molecule has 0 radical (unpaired) electrons. The molecule has 1 rings (SSSR count). The minimum atomic E-state index is -0.300. The molecular weight excluding hydrogens is 285 g/mol. The number of benzene rings is 1. The maximum atomic E-state index is 13.7. The van der Waals surface area contributed by atoms with Crippen LogP contribution in [0.5, 0.6) is 0 Å². The quantitative estimate of drug-likeness (QED) is 0.718. The lowest BCUT2D eigenvalue weighted by molar-refractivity contribution is 0.200. The lowest BCUT2D eigenvalue weighted by atomic mass is 10.1. The number of hydrogen-bond acceptors (Lipinski definition) is 3. The first-order chi connectivity index (χ1) is 10.3. The van der Waals surface area contributed by atoms with Crippen molar-refractivity contribution in [1.29, 1.82) is 0 Å². The Morgan fingerprint density at radius 1 is 1.36 bits per heavy atom. The molecule has 0 fully saturated rings. The van der Waals surface area contributed by atoms with E-state index in [1.807, 2.05) is 32.8 Å². The molecule has 0 aromatic heterocycles. The van der Waals surface area contributed by atoms with Gasteiger partial charge in [0, 0.05) is 31.3 Å². The molecule has 0 aliphatic rings. The van der Waals surface area contributed by atoms with Gasteiger partial charge in [0.25, 0.3) is 0 Å². The number of aliphatic hydroxyl groups excluding tert-OH is 1. The first-order valence-electron chi connectivity index (χ1n) is 7.40. The van der Waals surface area contributed by atoms with Crippen molar-refractivity contribution in [2.75, 3.05) is 20.7 Å². The van der Waals surface area contributed by atoms with Crippen LogP contribution in [0.1, 0.15) is 25.0 Å². The van der Waals surface area contributed by atoms with Crippen molar-refractivity contribution < 1.29 is 14.3 Å². The third kappa shape index (κ3) is 5.99. The molecule has 0 saturated heterocycles. The van der Waals surface area contributed by atoms with Crippen LogP contribution in [0.25, 0.3) is 0 Å². The van der Waals surface area contributed by atoms with Crippen molar-refractivity contribution in [1.82, 2.24) is 15.5 Å². The van der Waals surface area contributed by atoms with Crippen molar-refractivity contribution in [2.45, 2.75) is 33.0 Å². The van der Waals surface area contributed by atoms with E-state index in [9.17, 15) is 9.18 Å². The molecule has 1 aromatic carbocycles. The summed E-state index contributed by atoms with van der Waals surface area (Å²) < 4.78 is 13.7. The van der Waals surface area contributed by atoms with E-state index in [1.165, 1.54) is 6.07 Å². The van der Waals surface area contributed by atoms with Gasteiger partial charge in [-0.05, 0) is 44.6 Å². The molecule has 0 bridgehead atoms. The summed E-state index contributed by atoms with van der Waals surface area (Å²) in [5.41, 5.74) is 1.45. The molecule has 2 atom stereocenters. The number of nitrogens with one attached hydrogen (secondary N) is 2. The second-order valence-corrected chi connectivity index (χ2v) is 5.94. The first-order valence-corrected chi connectivity index (χ1v) is 7.40. The number of amides is 2. The van der Waals surface area contributed by atoms with Gasteiger partial charge in [-0.3, -0.25) is 0 Å². The number of rotatable bonds is 7. The fraction of sp³-hybridized carbons (Fsp3) is 0.562. The summed E-state index contributed by atoms with van der Waals surface area (Å²) in [6.45, 7) is 4.56. The van der Waals surface area contributed by atoms with Crippen LogP contribution in [0.3, 0.4) is 0 Å². The molecule has 0 heterocycles. The zero-order chi connectivity index (χ0) is 16.7. The summed E-state index contributed by atoms with van der Waals surface area (Å²) in [5, 5.41) is 14.6. The van der Waals surface area contributed by atoms with Gasteiger partial charge in [0.15, 0.2) is 0 Å². The highest BCUT2D eigenvalue weighted by atomic mass is 19.1. The van der Waals surface area contributed by atoms with Crippen molar-refractivity contribution >= 4 is 6.03 Å². The number of urea groups is 1. The number of carbonyl (C=O) groups excluding carboxylic acids is 1. The molecular formula is C16H26FN3O2. The minimum absolute atomic E-state index is 0.0109. The summed E-state index contributed by atoms with van der Waals surface area (Å²) in [4.78, 5) is 13.7. The third-order valence-electron chi connectivity index (χ3n) is 3.55. The van der Waals surface area contributed by atoms with E-state index in [1.54, 1.807) is 12.1 Å². The van der Waals surface area contributed by atoms with Crippen LogP contribution in [0, 0.1) is 11.7 Å². The Balaban J connectivity index is 2.55. The van der Waals surface area contributed by atoms with E-state index in [0.29, 0.717) is 18.7 Å². The highest BCUT2D eigenvalue weighted by Gasteiger charge is 2.13. The molecule has 22 heavy (non-hydrogen) atoms. The van der Waals surface area contributed by atoms with E-state index in [4.69, 9.17) is 5.11 Å². The fourth-order valence-electron chi connectivity index (χ4n) is 1.94. The maximum Gasteiger partial charge on any atom is 0.315 e. The number of carbonyl (C=O) groups is 1. The van der Waals surface area contributed by atoms with Crippen molar-refractivity contribution in [2.24, 2.45) is 5.92 Å². The average Bonchev–Trinajstić information content (AvgIpc) is 2.46. The van der Waals surface area contributed by atoms with E-state index < -0.39 is 0 Å². The Kier molecular flexibility index (Phi) is 7.27. The van der Waals surface area contributed by atoms with Gasteiger partial charge in [-0.1, -0.05) is 13.0 Å². The zero-order valence-corrected chi connectivity index (χ0v) is 13.7. The SMILES string of the molecule is CC(CO)C(C)NC(=O)NCc1ccc(F)c(CN(C)C)c1. The predicted octanol–water partition coefficient (Wildman–Crippen LogP) is 1.70. The topological polar surface area (TPSA) is 64.6 Å². The van der Waals surface area contributed by atoms with Crippen LogP contribution in [-0.2, 0) is 13.1 Å². The number of aliphatic hydroxyl groups is 1. The van der Waals surface area contributed by atoms with Gasteiger partial charge >= 0.3 is 6.03 Å². The van der Waals surface area contributed by atoms with Gasteiger partial charge in [0.2, 0.25) is 0 Å². The molecule has 0 aliphatic heterocycles. The molecule has 0 saturated carbocycles.